The second-order valence-electron chi connectivity index (χ2n) is 9.67. The molecule has 5 nitrogen and oxygen atoms in total. The number of fused-ring (bicyclic) bond motifs is 4. The number of nitrogens with zero attached hydrogens (tertiary/aromatic N) is 2. The number of carbonyl (C=O) groups excluding carboxylic acids is 1. The van der Waals surface area contributed by atoms with Crippen molar-refractivity contribution in [3.63, 3.8) is 0 Å². The van der Waals surface area contributed by atoms with Crippen molar-refractivity contribution in [1.29, 1.82) is 0 Å². The molecule has 4 fully saturated rings. The third-order valence-corrected chi connectivity index (χ3v) is 8.58. The fourth-order valence-corrected chi connectivity index (χ4v) is 6.56. The molecule has 2 bridgehead atoms. The number of benzene rings is 2. The standard InChI is InChI=1S/C27H31N3O2S/c31-27(28-24-18-29-8-6-20(24)7-9-29)26-16-23-5-4-22(15-25(23)33-26)21-3-1-2-19(14-21)17-30-10-12-32-13-11-30/h1-5,14-16,20,24H,6-13,17-18H2,(H,28,31). The maximum absolute atomic E-state index is 13.0. The predicted octanol–water partition coefficient (Wildman–Crippen LogP) is 4.22. The monoisotopic (exact) mass is 461 g/mol. The van der Waals surface area contributed by atoms with E-state index in [0.717, 1.165) is 49.7 Å². The summed E-state index contributed by atoms with van der Waals surface area (Å²) in [6.45, 7) is 7.99. The van der Waals surface area contributed by atoms with E-state index in [1.54, 1.807) is 11.3 Å². The number of nitrogens with one attached hydrogen (secondary N) is 1. The molecule has 33 heavy (non-hydrogen) atoms. The Labute approximate surface area is 199 Å². The van der Waals surface area contributed by atoms with Gasteiger partial charge in [-0.25, -0.2) is 0 Å². The fraction of sp³-hybridized carbons (Fsp3) is 0.444. The predicted molar refractivity (Wildman–Crippen MR) is 134 cm³/mol. The third kappa shape index (κ3) is 4.58. The molecular formula is C27H31N3O2S. The number of hydrogen-bond acceptors (Lipinski definition) is 5. The molecule has 0 spiro atoms. The molecule has 1 unspecified atom stereocenters. The minimum Gasteiger partial charge on any atom is -0.379 e. The van der Waals surface area contributed by atoms with Crippen molar-refractivity contribution in [3.8, 4) is 11.1 Å². The molecular weight excluding hydrogens is 430 g/mol. The van der Waals surface area contributed by atoms with E-state index < -0.39 is 0 Å². The van der Waals surface area contributed by atoms with Crippen LogP contribution in [0.25, 0.3) is 21.2 Å². The molecule has 4 aliphatic heterocycles. The van der Waals surface area contributed by atoms with E-state index in [1.807, 2.05) is 0 Å². The second-order valence-corrected chi connectivity index (χ2v) is 10.8. The highest BCUT2D eigenvalue weighted by Crippen LogP contribution is 2.32. The number of thiophene rings is 1. The Morgan fingerprint density at radius 3 is 2.61 bits per heavy atom. The normalized spacial score (nSPS) is 25.4. The molecule has 172 valence electrons. The summed E-state index contributed by atoms with van der Waals surface area (Å²) in [6.07, 6.45) is 2.43. The highest BCUT2D eigenvalue weighted by atomic mass is 32.1. The smallest absolute Gasteiger partial charge is 0.261 e. The number of rotatable bonds is 5. The molecule has 4 aliphatic rings. The first-order valence-electron chi connectivity index (χ1n) is 12.2. The van der Waals surface area contributed by atoms with E-state index >= 15 is 0 Å². The van der Waals surface area contributed by atoms with Gasteiger partial charge in [-0.3, -0.25) is 9.69 Å². The molecule has 1 amide bonds. The van der Waals surface area contributed by atoms with Gasteiger partial charge in [0.2, 0.25) is 0 Å². The SMILES string of the molecule is O=C(NC1CN2CCC1CC2)c1cc2ccc(-c3cccc(CN4CCOCC4)c3)cc2s1. The molecule has 3 aromatic rings. The Bertz CT molecular complexity index is 1150. The van der Waals surface area contributed by atoms with Gasteiger partial charge < -0.3 is 15.0 Å². The van der Waals surface area contributed by atoms with Crippen LogP contribution in [0.4, 0.5) is 0 Å². The minimum atomic E-state index is 0.0870. The van der Waals surface area contributed by atoms with Crippen LogP contribution in [0.15, 0.2) is 48.5 Å². The average molecular weight is 462 g/mol. The number of amides is 1. The lowest BCUT2D eigenvalue weighted by atomic mass is 9.84. The van der Waals surface area contributed by atoms with Crippen LogP contribution in [-0.4, -0.2) is 67.7 Å². The number of piperidine rings is 3. The summed E-state index contributed by atoms with van der Waals surface area (Å²) in [7, 11) is 0. The Morgan fingerprint density at radius 2 is 1.82 bits per heavy atom. The lowest BCUT2D eigenvalue weighted by Gasteiger charge is -2.44. The molecule has 0 radical (unpaired) electrons. The topological polar surface area (TPSA) is 44.8 Å². The number of hydrogen-bond donors (Lipinski definition) is 1. The van der Waals surface area contributed by atoms with Gasteiger partial charge in [-0.15, -0.1) is 11.3 Å². The van der Waals surface area contributed by atoms with Crippen LogP contribution in [0.1, 0.15) is 28.1 Å². The summed E-state index contributed by atoms with van der Waals surface area (Å²) in [5.74, 6) is 0.730. The largest absolute Gasteiger partial charge is 0.379 e. The summed E-state index contributed by atoms with van der Waals surface area (Å²) < 4.78 is 6.65. The molecule has 0 saturated carbocycles. The molecule has 0 aliphatic carbocycles. The van der Waals surface area contributed by atoms with E-state index in [4.69, 9.17) is 4.74 Å². The van der Waals surface area contributed by atoms with Crippen LogP contribution < -0.4 is 5.32 Å². The van der Waals surface area contributed by atoms with Crippen LogP contribution in [0.5, 0.6) is 0 Å². The van der Waals surface area contributed by atoms with Gasteiger partial charge in [0.25, 0.3) is 5.91 Å². The third-order valence-electron chi connectivity index (χ3n) is 7.49. The Hall–Kier alpha value is -2.25. The van der Waals surface area contributed by atoms with Gasteiger partial charge in [-0.1, -0.05) is 30.3 Å². The van der Waals surface area contributed by atoms with Crippen molar-refractivity contribution in [2.75, 3.05) is 45.9 Å². The zero-order valence-corrected chi connectivity index (χ0v) is 19.8. The van der Waals surface area contributed by atoms with Gasteiger partial charge in [0.05, 0.1) is 18.1 Å². The zero-order chi connectivity index (χ0) is 22.2. The molecule has 7 rings (SSSR count). The first kappa shape index (κ1) is 21.3. The maximum atomic E-state index is 13.0. The van der Waals surface area contributed by atoms with Gasteiger partial charge in [0, 0.05) is 36.9 Å². The Balaban J connectivity index is 1.18. The van der Waals surface area contributed by atoms with E-state index in [9.17, 15) is 4.79 Å². The summed E-state index contributed by atoms with van der Waals surface area (Å²) >= 11 is 1.61. The molecule has 1 atom stereocenters. The van der Waals surface area contributed by atoms with Gasteiger partial charge >= 0.3 is 0 Å². The summed E-state index contributed by atoms with van der Waals surface area (Å²) in [4.78, 5) is 18.8. The highest BCUT2D eigenvalue weighted by Gasteiger charge is 2.35. The van der Waals surface area contributed by atoms with Crippen molar-refractivity contribution in [2.24, 2.45) is 5.92 Å². The lowest BCUT2D eigenvalue weighted by molar-refractivity contribution is 0.0342. The van der Waals surface area contributed by atoms with Crippen LogP contribution in [0.3, 0.4) is 0 Å². The number of ether oxygens (including phenoxy) is 1. The van der Waals surface area contributed by atoms with Crippen LogP contribution in [0, 0.1) is 5.92 Å². The van der Waals surface area contributed by atoms with Crippen molar-refractivity contribution in [3.05, 3.63) is 59.0 Å². The van der Waals surface area contributed by atoms with Crippen molar-refractivity contribution in [2.45, 2.75) is 25.4 Å². The molecule has 2 aromatic carbocycles. The summed E-state index contributed by atoms with van der Waals surface area (Å²) in [5.41, 5.74) is 3.77. The summed E-state index contributed by atoms with van der Waals surface area (Å²) in [5, 5.41) is 4.48. The second kappa shape index (κ2) is 9.18. The van der Waals surface area contributed by atoms with Crippen LogP contribution in [0.2, 0.25) is 0 Å². The Morgan fingerprint density at radius 1 is 1.00 bits per heavy atom. The van der Waals surface area contributed by atoms with Gasteiger partial charge in [-0.2, -0.15) is 0 Å². The van der Waals surface area contributed by atoms with Crippen molar-refractivity contribution < 1.29 is 9.53 Å². The van der Waals surface area contributed by atoms with E-state index in [0.29, 0.717) is 12.0 Å². The number of morpholine rings is 1. The van der Waals surface area contributed by atoms with Crippen molar-refractivity contribution in [1.82, 2.24) is 15.1 Å². The molecule has 4 saturated heterocycles. The average Bonchev–Trinajstić information content (AvgIpc) is 3.29. The van der Waals surface area contributed by atoms with Gasteiger partial charge in [0.1, 0.15) is 0 Å². The van der Waals surface area contributed by atoms with E-state index in [-0.39, 0.29) is 5.91 Å². The lowest BCUT2D eigenvalue weighted by Crippen LogP contribution is -2.57. The quantitative estimate of drug-likeness (QED) is 0.618. The van der Waals surface area contributed by atoms with Gasteiger partial charge in [0.15, 0.2) is 0 Å². The molecule has 5 heterocycles. The number of carbonyl (C=O) groups is 1. The Kier molecular flexibility index (Phi) is 5.93. The molecule has 1 aromatic heterocycles. The van der Waals surface area contributed by atoms with Crippen molar-refractivity contribution >= 4 is 27.3 Å². The fourth-order valence-electron chi connectivity index (χ4n) is 5.56. The van der Waals surface area contributed by atoms with E-state index in [1.165, 1.54) is 47.3 Å². The van der Waals surface area contributed by atoms with Crippen LogP contribution in [-0.2, 0) is 11.3 Å². The molecule has 1 N–H and O–H groups in total. The van der Waals surface area contributed by atoms with E-state index in [2.05, 4.69) is 63.6 Å². The minimum absolute atomic E-state index is 0.0870. The van der Waals surface area contributed by atoms with Gasteiger partial charge in [-0.05, 0) is 72.1 Å². The highest BCUT2D eigenvalue weighted by molar-refractivity contribution is 7.20. The maximum Gasteiger partial charge on any atom is 0.261 e. The zero-order valence-electron chi connectivity index (χ0n) is 19.0. The summed E-state index contributed by atoms with van der Waals surface area (Å²) in [6, 6.07) is 17.8. The first-order valence-corrected chi connectivity index (χ1v) is 13.0. The van der Waals surface area contributed by atoms with Crippen LogP contribution >= 0.6 is 11.3 Å². The molecule has 6 heteroatoms. The first-order chi connectivity index (χ1) is 16.2.